The van der Waals surface area contributed by atoms with Crippen molar-refractivity contribution in [1.82, 2.24) is 26.2 Å². The molecule has 4 rings (SSSR count). The number of hydrogen-bond acceptors (Lipinski definition) is 9. The fraction of sp³-hybridized carbons (Fsp3) is 0.438. The number of nitrogens with one attached hydrogen (secondary N) is 5. The smallest absolute Gasteiger partial charge is 0.254 e. The quantitative estimate of drug-likeness (QED) is 0.202. The molecule has 7 N–H and O–H groups in total. The maximum atomic E-state index is 13.7. The Balaban J connectivity index is 1.60. The fourth-order valence-corrected chi connectivity index (χ4v) is 5.24. The molecular weight excluding hydrogens is 610 g/mol. The number of amides is 6. The van der Waals surface area contributed by atoms with E-state index < -0.39 is 53.4 Å². The maximum Gasteiger partial charge on any atom is 0.254 e. The first-order chi connectivity index (χ1) is 22.7. The third kappa shape index (κ3) is 10.5. The number of piperidine rings is 1. The van der Waals surface area contributed by atoms with Crippen molar-refractivity contribution < 1.29 is 37.9 Å². The topological polar surface area (TPSA) is 214 Å². The zero-order valence-corrected chi connectivity index (χ0v) is 26.0. The Bertz CT molecular complexity index is 1440. The Labute approximate surface area is 272 Å². The van der Waals surface area contributed by atoms with Crippen molar-refractivity contribution in [3.63, 3.8) is 0 Å². The molecule has 3 heterocycles. The van der Waals surface area contributed by atoms with Crippen LogP contribution in [0.25, 0.3) is 0 Å². The molecule has 2 aliphatic rings. The predicted octanol–water partition coefficient (Wildman–Crippen LogP) is -0.550. The first-order valence-corrected chi connectivity index (χ1v) is 15.6. The van der Waals surface area contributed by atoms with Crippen molar-refractivity contribution in [2.45, 2.75) is 37.8 Å². The van der Waals surface area contributed by atoms with Crippen LogP contribution in [0.2, 0.25) is 0 Å². The molecule has 1 aromatic carbocycles. The highest BCUT2D eigenvalue weighted by molar-refractivity contribution is 6.06. The normalized spacial score (nSPS) is 22.2. The van der Waals surface area contributed by atoms with E-state index in [0.717, 1.165) is 12.2 Å². The third-order valence-corrected chi connectivity index (χ3v) is 7.69. The molecule has 6 amide bonds. The van der Waals surface area contributed by atoms with Gasteiger partial charge in [-0.05, 0) is 43.5 Å². The van der Waals surface area contributed by atoms with E-state index in [4.69, 9.17) is 14.9 Å². The molecule has 1 saturated heterocycles. The molecule has 1 fully saturated rings. The van der Waals surface area contributed by atoms with Gasteiger partial charge in [0, 0.05) is 51.3 Å². The number of nitrogens with two attached hydrogens (primary N) is 1. The van der Waals surface area contributed by atoms with Gasteiger partial charge in [-0.2, -0.15) is 0 Å². The summed E-state index contributed by atoms with van der Waals surface area (Å²) in [7, 11) is 0. The van der Waals surface area contributed by atoms with E-state index in [9.17, 15) is 28.8 Å². The highest BCUT2D eigenvalue weighted by Crippen LogP contribution is 2.20. The molecule has 15 nitrogen and oxygen atoms in total. The number of para-hydroxylation sites is 1. The SMILES string of the molecule is NCCOCCNC(=O)[C@@H]1CCNC(=O)/C=C/C(=O)N2CCC[C@H](C2)C(=O)N[C@@H](Cc2ccco2)C(=O)Nc2ccccc2C(=O)N1. The van der Waals surface area contributed by atoms with E-state index in [-0.39, 0.29) is 50.3 Å². The summed E-state index contributed by atoms with van der Waals surface area (Å²) in [6.07, 6.45) is 4.80. The van der Waals surface area contributed by atoms with Crippen LogP contribution in [-0.4, -0.2) is 98.4 Å². The molecule has 0 spiro atoms. The number of nitrogens with zero attached hydrogens (tertiary/aromatic N) is 1. The van der Waals surface area contributed by atoms with Crippen molar-refractivity contribution in [2.24, 2.45) is 11.7 Å². The summed E-state index contributed by atoms with van der Waals surface area (Å²) in [6, 6.07) is 7.46. The number of benzene rings is 1. The van der Waals surface area contributed by atoms with Gasteiger partial charge in [0.25, 0.3) is 5.91 Å². The maximum absolute atomic E-state index is 13.7. The van der Waals surface area contributed by atoms with Gasteiger partial charge in [0.15, 0.2) is 0 Å². The van der Waals surface area contributed by atoms with Crippen LogP contribution in [0.5, 0.6) is 0 Å². The summed E-state index contributed by atoms with van der Waals surface area (Å²) in [4.78, 5) is 80.5. The van der Waals surface area contributed by atoms with Crippen LogP contribution in [-0.2, 0) is 35.1 Å². The largest absolute Gasteiger partial charge is 0.469 e. The van der Waals surface area contributed by atoms with Gasteiger partial charge < -0.3 is 46.4 Å². The van der Waals surface area contributed by atoms with Crippen LogP contribution in [0.4, 0.5) is 5.69 Å². The number of ether oxygens (including phenoxy) is 1. The second kappa shape index (κ2) is 17.6. The fourth-order valence-electron chi connectivity index (χ4n) is 5.24. The summed E-state index contributed by atoms with van der Waals surface area (Å²) < 4.78 is 10.7. The summed E-state index contributed by atoms with van der Waals surface area (Å²) in [6.45, 7) is 1.55. The van der Waals surface area contributed by atoms with Gasteiger partial charge in [-0.3, -0.25) is 28.8 Å². The van der Waals surface area contributed by atoms with Gasteiger partial charge in [0.2, 0.25) is 29.5 Å². The monoisotopic (exact) mass is 651 g/mol. The lowest BCUT2D eigenvalue weighted by molar-refractivity contribution is -0.134. The van der Waals surface area contributed by atoms with Crippen molar-refractivity contribution in [2.75, 3.05) is 51.3 Å². The summed E-state index contributed by atoms with van der Waals surface area (Å²) >= 11 is 0. The highest BCUT2D eigenvalue weighted by Gasteiger charge is 2.32. The number of rotatable bonds is 8. The number of hydrogen-bond donors (Lipinski definition) is 6. The first kappa shape index (κ1) is 34.8. The average Bonchev–Trinajstić information content (AvgIpc) is 3.59. The molecule has 0 aliphatic carbocycles. The van der Waals surface area contributed by atoms with E-state index in [2.05, 4.69) is 26.6 Å². The van der Waals surface area contributed by atoms with Gasteiger partial charge in [0.1, 0.15) is 17.8 Å². The Morgan fingerprint density at radius 3 is 2.62 bits per heavy atom. The van der Waals surface area contributed by atoms with E-state index >= 15 is 0 Å². The minimum Gasteiger partial charge on any atom is -0.469 e. The average molecular weight is 652 g/mol. The summed E-state index contributed by atoms with van der Waals surface area (Å²) in [5.74, 6) is -3.30. The van der Waals surface area contributed by atoms with Gasteiger partial charge in [-0.1, -0.05) is 12.1 Å². The Kier molecular flexibility index (Phi) is 13.1. The van der Waals surface area contributed by atoms with Crippen LogP contribution >= 0.6 is 0 Å². The molecule has 2 aromatic rings. The minimum absolute atomic E-state index is 0.00178. The molecule has 15 heteroatoms. The zero-order valence-electron chi connectivity index (χ0n) is 26.0. The van der Waals surface area contributed by atoms with Crippen molar-refractivity contribution in [3.05, 3.63) is 66.1 Å². The van der Waals surface area contributed by atoms with Crippen LogP contribution in [0, 0.1) is 5.92 Å². The Morgan fingerprint density at radius 1 is 1.00 bits per heavy atom. The lowest BCUT2D eigenvalue weighted by atomic mass is 9.96. The first-order valence-electron chi connectivity index (χ1n) is 15.6. The van der Waals surface area contributed by atoms with Gasteiger partial charge in [0.05, 0.1) is 36.6 Å². The van der Waals surface area contributed by atoms with E-state index in [1.165, 1.54) is 23.3 Å². The number of furan rings is 1. The molecule has 3 atom stereocenters. The number of carbonyl (C=O) groups is 6. The minimum atomic E-state index is -1.08. The second-order valence-electron chi connectivity index (χ2n) is 11.1. The highest BCUT2D eigenvalue weighted by atomic mass is 16.5. The van der Waals surface area contributed by atoms with Gasteiger partial charge >= 0.3 is 0 Å². The van der Waals surface area contributed by atoms with E-state index in [1.54, 1.807) is 24.3 Å². The van der Waals surface area contributed by atoms with E-state index in [1.807, 2.05) is 0 Å². The number of fused-ring (bicyclic) bond motifs is 3. The lowest BCUT2D eigenvalue weighted by Crippen LogP contribution is -2.51. The van der Waals surface area contributed by atoms with Crippen LogP contribution < -0.4 is 32.3 Å². The molecule has 2 bridgehead atoms. The molecule has 47 heavy (non-hydrogen) atoms. The van der Waals surface area contributed by atoms with Crippen LogP contribution in [0.3, 0.4) is 0 Å². The van der Waals surface area contributed by atoms with Gasteiger partial charge in [-0.25, -0.2) is 0 Å². The number of anilines is 1. The molecule has 0 saturated carbocycles. The van der Waals surface area contributed by atoms with Crippen molar-refractivity contribution in [3.8, 4) is 0 Å². The zero-order chi connectivity index (χ0) is 33.6. The van der Waals surface area contributed by atoms with Crippen molar-refractivity contribution in [1.29, 1.82) is 0 Å². The molecule has 1 aromatic heterocycles. The van der Waals surface area contributed by atoms with Crippen molar-refractivity contribution >= 4 is 41.1 Å². The third-order valence-electron chi connectivity index (χ3n) is 7.69. The molecule has 0 radical (unpaired) electrons. The molecule has 252 valence electrons. The second-order valence-corrected chi connectivity index (χ2v) is 11.1. The molecule has 2 aliphatic heterocycles. The van der Waals surface area contributed by atoms with Crippen LogP contribution in [0.15, 0.2) is 59.2 Å². The predicted molar refractivity (Wildman–Crippen MR) is 170 cm³/mol. The summed E-state index contributed by atoms with van der Waals surface area (Å²) in [5.41, 5.74) is 5.66. The van der Waals surface area contributed by atoms with E-state index in [0.29, 0.717) is 38.3 Å². The number of carbonyl (C=O) groups excluding carboxylic acids is 6. The standard InChI is InChI=1S/C32H41N7O8/c33-12-17-46-18-14-35-31(44)25-11-13-34-27(40)9-10-28(41)39-15-3-5-21(20-39)29(42)38-26(19-22-6-4-16-47-22)32(45)36-24-8-2-1-7-23(24)30(43)37-25/h1-2,4,6-10,16,21,25-26H,3,5,11-15,17-20,33H2,(H,34,40)(H,35,44)(H,36,45)(H,37,43)(H,38,42)/b10-9+/t21-,25+,26+/m1/s1. The van der Waals surface area contributed by atoms with Crippen LogP contribution in [0.1, 0.15) is 35.4 Å². The summed E-state index contributed by atoms with van der Waals surface area (Å²) in [5, 5.41) is 13.6. The Morgan fingerprint density at radius 2 is 1.83 bits per heavy atom. The Hall–Kier alpha value is -5.02. The van der Waals surface area contributed by atoms with Gasteiger partial charge in [-0.15, -0.1) is 0 Å². The molecular formula is C32H41N7O8. The lowest BCUT2D eigenvalue weighted by Gasteiger charge is -2.32. The molecule has 0 unspecified atom stereocenters.